The Morgan fingerprint density at radius 1 is 0.331 bits per heavy atom. The molecule has 6 amide bonds. The molecule has 0 saturated carbocycles. The van der Waals surface area contributed by atoms with Crippen molar-refractivity contribution in [3.05, 3.63) is 0 Å². The molecule has 0 aromatic carbocycles. The van der Waals surface area contributed by atoms with Crippen molar-refractivity contribution >= 4 is 82.5 Å². The van der Waals surface area contributed by atoms with E-state index in [2.05, 4.69) is 11.9 Å². The highest BCUT2D eigenvalue weighted by Crippen LogP contribution is 2.48. The van der Waals surface area contributed by atoms with Crippen molar-refractivity contribution < 1.29 is 98.8 Å². The second kappa shape index (κ2) is 55.3. The molecule has 4 heterocycles. The standard InChI is InChI=1S/C87H163N7O20S4/c1-65-75(102)82(4,105)62-111-78(65)115-57-37-33-49-89(11)69(96)41-21-17-29-53-93(54-30-18-22-42-70(97)90(12)50-34-38-58-116-79-66(2)76(103)83(5,106)63-112-79)73(100)45-25-15-27-47-88(10)48-28-16-26-46-74(101)94(55-31-19-23-43-71(98)91(13)51-35-39-59-117-80-67(3)77(104)84(6,107)64-113-80)56-32-20-24-44-72(99)92(14)52-36-40-60-118-81-86(8,109)87(9,110)85(7,108)68(61-95)114-81/h65-68,75-81,95,102-110H,15-64H2,1-14H3. The van der Waals surface area contributed by atoms with E-state index in [9.17, 15) is 79.8 Å². The minimum Gasteiger partial charge on any atom is -0.394 e. The van der Waals surface area contributed by atoms with E-state index < -0.39 is 70.1 Å². The maximum atomic E-state index is 14.0. The van der Waals surface area contributed by atoms with Crippen molar-refractivity contribution in [2.24, 2.45) is 17.8 Å². The summed E-state index contributed by atoms with van der Waals surface area (Å²) in [4.78, 5) is 94.0. The molecule has 0 aromatic heterocycles. The molecule has 0 radical (unpaired) electrons. The molecule has 4 aliphatic rings. The van der Waals surface area contributed by atoms with Gasteiger partial charge in [0.05, 0.1) is 44.7 Å². The minimum atomic E-state index is -1.95. The molecule has 690 valence electrons. The van der Waals surface area contributed by atoms with Crippen LogP contribution in [0.2, 0.25) is 0 Å². The summed E-state index contributed by atoms with van der Waals surface area (Å²) >= 11 is 6.23. The molecule has 0 spiro atoms. The van der Waals surface area contributed by atoms with Crippen molar-refractivity contribution in [3.63, 3.8) is 0 Å². The normalized spacial score (nSPS) is 29.2. The number of nitrogens with zero attached hydrogens (tertiary/aromatic N) is 7. The van der Waals surface area contributed by atoms with Crippen molar-refractivity contribution in [1.82, 2.24) is 34.3 Å². The van der Waals surface area contributed by atoms with Gasteiger partial charge >= 0.3 is 0 Å². The maximum Gasteiger partial charge on any atom is 0.222 e. The summed E-state index contributed by atoms with van der Waals surface area (Å²) in [6.45, 7) is 21.1. The van der Waals surface area contributed by atoms with Gasteiger partial charge in [-0.15, -0.1) is 47.0 Å². The Labute approximate surface area is 726 Å². The number of ether oxygens (including phenoxy) is 4. The highest BCUT2D eigenvalue weighted by atomic mass is 32.2. The minimum absolute atomic E-state index is 0.0433. The van der Waals surface area contributed by atoms with E-state index in [1.54, 1.807) is 82.7 Å². The van der Waals surface area contributed by atoms with Crippen molar-refractivity contribution in [1.29, 1.82) is 0 Å². The first-order chi connectivity index (χ1) is 55.6. The zero-order valence-electron chi connectivity index (χ0n) is 75.0. The largest absolute Gasteiger partial charge is 0.394 e. The first-order valence-corrected chi connectivity index (χ1v) is 49.0. The number of carbonyl (C=O) groups is 6. The van der Waals surface area contributed by atoms with Crippen LogP contribution in [0.4, 0.5) is 0 Å². The van der Waals surface area contributed by atoms with E-state index in [0.29, 0.717) is 116 Å². The fourth-order valence-corrected chi connectivity index (χ4v) is 20.8. The molecule has 4 aliphatic heterocycles. The van der Waals surface area contributed by atoms with Crippen molar-refractivity contribution in [2.75, 3.05) is 150 Å². The van der Waals surface area contributed by atoms with Crippen LogP contribution in [0.15, 0.2) is 0 Å². The van der Waals surface area contributed by atoms with Crippen LogP contribution in [0.3, 0.4) is 0 Å². The number of unbranched alkanes of at least 4 members (excludes halogenated alkanes) is 16. The molecule has 4 rings (SSSR count). The summed E-state index contributed by atoms with van der Waals surface area (Å²) in [5, 5.41) is 106. The van der Waals surface area contributed by atoms with Crippen LogP contribution in [0.25, 0.3) is 0 Å². The summed E-state index contributed by atoms with van der Waals surface area (Å²) in [6, 6.07) is 0. The molecule has 4 fully saturated rings. The Kier molecular flexibility index (Phi) is 50.6. The Balaban J connectivity index is 1.18. The molecular weight excluding hydrogens is 1590 g/mol. The molecule has 17 unspecified atom stereocenters. The summed E-state index contributed by atoms with van der Waals surface area (Å²) in [7, 11) is 9.46. The van der Waals surface area contributed by atoms with E-state index in [4.69, 9.17) is 18.9 Å². The third-order valence-electron chi connectivity index (χ3n) is 25.0. The van der Waals surface area contributed by atoms with Crippen LogP contribution >= 0.6 is 47.0 Å². The predicted molar refractivity (Wildman–Crippen MR) is 473 cm³/mol. The number of hydrogen-bond acceptors (Lipinski definition) is 25. The number of rotatable bonds is 61. The third kappa shape index (κ3) is 36.9. The van der Waals surface area contributed by atoms with Gasteiger partial charge in [-0.1, -0.05) is 59.3 Å². The highest BCUT2D eigenvalue weighted by molar-refractivity contribution is 8.00. The van der Waals surface area contributed by atoms with Crippen molar-refractivity contribution in [3.8, 4) is 0 Å². The van der Waals surface area contributed by atoms with E-state index >= 15 is 0 Å². The lowest BCUT2D eigenvalue weighted by Gasteiger charge is -2.57. The van der Waals surface area contributed by atoms with Crippen LogP contribution in [-0.4, -0.2) is 351 Å². The van der Waals surface area contributed by atoms with E-state index in [-0.39, 0.29) is 89.3 Å². The van der Waals surface area contributed by atoms with Gasteiger partial charge in [-0.3, -0.25) is 28.8 Å². The zero-order chi connectivity index (χ0) is 87.9. The molecule has 118 heavy (non-hydrogen) atoms. The third-order valence-corrected chi connectivity index (χ3v) is 30.7. The van der Waals surface area contributed by atoms with E-state index in [1.807, 2.05) is 51.7 Å². The van der Waals surface area contributed by atoms with Gasteiger partial charge in [-0.2, -0.15) is 0 Å². The molecule has 0 bridgehead atoms. The number of thioether (sulfide) groups is 4. The number of aliphatic hydroxyl groups is 10. The first kappa shape index (κ1) is 108. The fraction of sp³-hybridized carbons (Fsp3) is 0.931. The summed E-state index contributed by atoms with van der Waals surface area (Å²) in [5.41, 5.74) is -10.8. The van der Waals surface area contributed by atoms with Gasteiger partial charge in [0.15, 0.2) is 0 Å². The first-order valence-electron chi connectivity index (χ1n) is 44.8. The highest BCUT2D eigenvalue weighted by Gasteiger charge is 2.65. The van der Waals surface area contributed by atoms with Crippen molar-refractivity contribution in [2.45, 2.75) is 348 Å². The lowest BCUT2D eigenvalue weighted by atomic mass is 9.69. The predicted octanol–water partition coefficient (Wildman–Crippen LogP) is 9.11. The van der Waals surface area contributed by atoms with Crippen LogP contribution in [0, 0.1) is 17.8 Å². The topological polar surface area (TPSA) is 364 Å². The molecule has 0 aliphatic carbocycles. The van der Waals surface area contributed by atoms with Gasteiger partial charge in [-0.05, 0) is 213 Å². The Hall–Kier alpha value is -2.38. The number of amides is 6. The Morgan fingerprint density at radius 3 is 0.847 bits per heavy atom. The molecule has 31 heteroatoms. The SMILES string of the molecule is CC1C(SCCCCN(C)C(=O)CCCCCN(CCCCCC(=O)N(C)CCCCSC2OCC(C)(O)C(O)C2C)C(=O)CCCCCN(C)CCCCCC(=O)N(CCCCCC(=O)N(C)CCCCSC2OCC(C)(O)C(O)C2C)CCCCCC(=O)N(C)CCCCSC2OC(CO)C(C)(O)C(C)(O)C2(C)O)OCC(C)(O)C1O. The lowest BCUT2D eigenvalue weighted by Crippen LogP contribution is -2.76. The van der Waals surface area contributed by atoms with E-state index in [1.165, 1.54) is 32.5 Å². The molecular formula is C87H163N7O20S4. The molecule has 4 saturated heterocycles. The average molecular weight is 1760 g/mol. The van der Waals surface area contributed by atoms with Gasteiger partial charge in [0.25, 0.3) is 0 Å². The number of aliphatic hydroxyl groups excluding tert-OH is 4. The second-order valence-corrected chi connectivity index (χ2v) is 40.8. The molecule has 0 aromatic rings. The average Bonchev–Trinajstić information content (AvgIpc) is 0.721. The lowest BCUT2D eigenvalue weighted by molar-refractivity contribution is -0.326. The molecule has 10 N–H and O–H groups in total. The summed E-state index contributed by atoms with van der Waals surface area (Å²) in [5.74, 6) is 3.07. The Morgan fingerprint density at radius 2 is 0.576 bits per heavy atom. The monoisotopic (exact) mass is 1750 g/mol. The molecule has 17 atom stereocenters. The van der Waals surface area contributed by atoms with Gasteiger partial charge in [-0.25, -0.2) is 0 Å². The second-order valence-electron chi connectivity index (χ2n) is 36.0. The summed E-state index contributed by atoms with van der Waals surface area (Å²) < 4.78 is 23.4. The van der Waals surface area contributed by atoms with Gasteiger partial charge in [0.1, 0.15) is 61.5 Å². The van der Waals surface area contributed by atoms with Gasteiger partial charge < -0.3 is 104 Å². The van der Waals surface area contributed by atoms with Gasteiger partial charge in [0.2, 0.25) is 35.4 Å². The zero-order valence-corrected chi connectivity index (χ0v) is 78.3. The summed E-state index contributed by atoms with van der Waals surface area (Å²) in [6.07, 6.45) is 20.2. The number of hydrogen-bond donors (Lipinski definition) is 10. The van der Waals surface area contributed by atoms with Crippen LogP contribution in [0.5, 0.6) is 0 Å². The maximum absolute atomic E-state index is 14.0. The molecule has 27 nitrogen and oxygen atoms in total. The van der Waals surface area contributed by atoms with Gasteiger partial charge in [0, 0.05) is 137 Å². The van der Waals surface area contributed by atoms with Crippen LogP contribution in [0.1, 0.15) is 268 Å². The smallest absolute Gasteiger partial charge is 0.222 e. The number of carbonyl (C=O) groups excluding carboxylic acids is 6. The fourth-order valence-electron chi connectivity index (χ4n) is 15.8. The van der Waals surface area contributed by atoms with Crippen LogP contribution in [-0.2, 0) is 47.7 Å². The quantitative estimate of drug-likeness (QED) is 0.0254. The van der Waals surface area contributed by atoms with E-state index in [0.717, 1.165) is 178 Å². The van der Waals surface area contributed by atoms with Crippen LogP contribution < -0.4 is 0 Å². The Bertz CT molecular complexity index is 2780.